The number of H-pyrrole nitrogens is 2. The van der Waals surface area contributed by atoms with Crippen molar-refractivity contribution < 1.29 is 9.53 Å². The molecule has 0 radical (unpaired) electrons. The van der Waals surface area contributed by atoms with Crippen molar-refractivity contribution in [3.63, 3.8) is 0 Å². The van der Waals surface area contributed by atoms with Gasteiger partial charge in [0, 0.05) is 6.04 Å². The van der Waals surface area contributed by atoms with Crippen LogP contribution in [0, 0.1) is 0 Å². The lowest BCUT2D eigenvalue weighted by Gasteiger charge is -2.20. The number of aromatic amines is 2. The number of esters is 1. The summed E-state index contributed by atoms with van der Waals surface area (Å²) in [6.45, 7) is 3.89. The third-order valence-electron chi connectivity index (χ3n) is 3.39. The lowest BCUT2D eigenvalue weighted by atomic mass is 10.1. The average molecular weight is 277 g/mol. The van der Waals surface area contributed by atoms with E-state index in [1.807, 2.05) is 32.0 Å². The van der Waals surface area contributed by atoms with E-state index < -0.39 is 0 Å². The van der Waals surface area contributed by atoms with Crippen molar-refractivity contribution in [2.24, 2.45) is 0 Å². The van der Waals surface area contributed by atoms with Gasteiger partial charge in [-0.05, 0) is 31.0 Å². The topological polar surface area (TPSA) is 87.0 Å². The molecule has 1 aromatic heterocycles. The predicted molar refractivity (Wildman–Crippen MR) is 76.6 cm³/mol. The van der Waals surface area contributed by atoms with E-state index in [1.54, 1.807) is 0 Å². The van der Waals surface area contributed by atoms with Crippen LogP contribution in [0.4, 0.5) is 0 Å². The number of hydrogen-bond donors (Lipinski definition) is 3. The van der Waals surface area contributed by atoms with Gasteiger partial charge in [0.1, 0.15) is 6.04 Å². The minimum atomic E-state index is -0.337. The van der Waals surface area contributed by atoms with Crippen molar-refractivity contribution in [1.29, 1.82) is 0 Å². The maximum atomic E-state index is 11.6. The first-order chi connectivity index (χ1) is 9.55. The Morgan fingerprint density at radius 3 is 2.70 bits per heavy atom. The SMILES string of the molecule is CCC(NC(C)c1ccc2[nH]c(=O)[nH]c2c1)C(=O)OC. The highest BCUT2D eigenvalue weighted by Crippen LogP contribution is 2.18. The zero-order valence-corrected chi connectivity index (χ0v) is 11.8. The number of ether oxygens (including phenoxy) is 1. The number of nitrogens with one attached hydrogen (secondary N) is 3. The number of fused-ring (bicyclic) bond motifs is 1. The van der Waals surface area contributed by atoms with Gasteiger partial charge >= 0.3 is 11.7 Å². The summed E-state index contributed by atoms with van der Waals surface area (Å²) in [7, 11) is 1.38. The molecule has 0 aliphatic heterocycles. The molecule has 6 nitrogen and oxygen atoms in total. The summed E-state index contributed by atoms with van der Waals surface area (Å²) in [6.07, 6.45) is 0.653. The van der Waals surface area contributed by atoms with E-state index in [2.05, 4.69) is 15.3 Å². The van der Waals surface area contributed by atoms with Crippen LogP contribution in [0.2, 0.25) is 0 Å². The maximum absolute atomic E-state index is 11.6. The maximum Gasteiger partial charge on any atom is 0.323 e. The zero-order chi connectivity index (χ0) is 14.7. The third kappa shape index (κ3) is 2.91. The second kappa shape index (κ2) is 5.92. The molecule has 0 aliphatic rings. The number of rotatable bonds is 5. The number of aromatic nitrogens is 2. The van der Waals surface area contributed by atoms with Crippen LogP contribution in [-0.2, 0) is 9.53 Å². The van der Waals surface area contributed by atoms with Crippen LogP contribution in [0.1, 0.15) is 31.9 Å². The van der Waals surface area contributed by atoms with E-state index in [0.29, 0.717) is 6.42 Å². The molecule has 1 heterocycles. The Balaban J connectivity index is 2.19. The lowest BCUT2D eigenvalue weighted by Crippen LogP contribution is -2.38. The Morgan fingerprint density at radius 1 is 1.35 bits per heavy atom. The first-order valence-electron chi connectivity index (χ1n) is 6.61. The van der Waals surface area contributed by atoms with Gasteiger partial charge in [0.25, 0.3) is 0 Å². The molecule has 0 saturated carbocycles. The van der Waals surface area contributed by atoms with E-state index in [4.69, 9.17) is 4.74 Å². The Morgan fingerprint density at radius 2 is 2.05 bits per heavy atom. The summed E-state index contributed by atoms with van der Waals surface area (Å²) in [5.74, 6) is -0.268. The van der Waals surface area contributed by atoms with Gasteiger partial charge in [-0.1, -0.05) is 13.0 Å². The van der Waals surface area contributed by atoms with Crippen molar-refractivity contribution >= 4 is 17.0 Å². The molecule has 3 N–H and O–H groups in total. The van der Waals surface area contributed by atoms with Gasteiger partial charge in [0.05, 0.1) is 18.1 Å². The lowest BCUT2D eigenvalue weighted by molar-refractivity contribution is -0.143. The molecule has 0 spiro atoms. The van der Waals surface area contributed by atoms with Crippen LogP contribution in [0.15, 0.2) is 23.0 Å². The molecule has 2 aromatic rings. The van der Waals surface area contributed by atoms with Crippen molar-refractivity contribution in [2.75, 3.05) is 7.11 Å². The highest BCUT2D eigenvalue weighted by Gasteiger charge is 2.19. The first kappa shape index (κ1) is 14.3. The smallest absolute Gasteiger partial charge is 0.323 e. The number of carbonyl (C=O) groups excluding carboxylic acids is 1. The van der Waals surface area contributed by atoms with Crippen molar-refractivity contribution in [3.05, 3.63) is 34.2 Å². The van der Waals surface area contributed by atoms with E-state index >= 15 is 0 Å². The number of benzene rings is 1. The molecule has 2 unspecified atom stereocenters. The fourth-order valence-electron chi connectivity index (χ4n) is 2.21. The predicted octanol–water partition coefficient (Wildman–Crippen LogP) is 1.46. The van der Waals surface area contributed by atoms with E-state index in [0.717, 1.165) is 16.6 Å². The molecule has 0 fully saturated rings. The normalized spacial score (nSPS) is 14.2. The van der Waals surface area contributed by atoms with E-state index in [1.165, 1.54) is 7.11 Å². The Labute approximate surface area is 116 Å². The van der Waals surface area contributed by atoms with Crippen LogP contribution in [0.3, 0.4) is 0 Å². The van der Waals surface area contributed by atoms with Crippen LogP contribution < -0.4 is 11.0 Å². The summed E-state index contributed by atoms with van der Waals surface area (Å²) in [4.78, 5) is 28.2. The monoisotopic (exact) mass is 277 g/mol. The average Bonchev–Trinajstić information content (AvgIpc) is 2.82. The minimum absolute atomic E-state index is 0.0261. The Kier molecular flexibility index (Phi) is 4.24. The molecule has 0 saturated heterocycles. The van der Waals surface area contributed by atoms with Crippen LogP contribution >= 0.6 is 0 Å². The summed E-state index contributed by atoms with van der Waals surface area (Å²) < 4.78 is 4.76. The molecule has 108 valence electrons. The van der Waals surface area contributed by atoms with E-state index in [-0.39, 0.29) is 23.7 Å². The largest absolute Gasteiger partial charge is 0.468 e. The van der Waals surface area contributed by atoms with Gasteiger partial charge in [-0.25, -0.2) is 4.79 Å². The highest BCUT2D eigenvalue weighted by atomic mass is 16.5. The van der Waals surface area contributed by atoms with Gasteiger partial charge in [-0.2, -0.15) is 0 Å². The van der Waals surface area contributed by atoms with Crippen molar-refractivity contribution in [1.82, 2.24) is 15.3 Å². The molecular formula is C14H19N3O3. The third-order valence-corrected chi connectivity index (χ3v) is 3.39. The summed E-state index contributed by atoms with van der Waals surface area (Å²) >= 11 is 0. The number of carbonyl (C=O) groups is 1. The second-order valence-corrected chi connectivity index (χ2v) is 4.76. The molecule has 0 amide bonds. The van der Waals surface area contributed by atoms with Gasteiger partial charge < -0.3 is 14.7 Å². The molecule has 6 heteroatoms. The number of imidazole rings is 1. The van der Waals surface area contributed by atoms with Gasteiger partial charge in [-0.15, -0.1) is 0 Å². The fourth-order valence-corrected chi connectivity index (χ4v) is 2.21. The highest BCUT2D eigenvalue weighted by molar-refractivity contribution is 5.76. The second-order valence-electron chi connectivity index (χ2n) is 4.76. The molecular weight excluding hydrogens is 258 g/mol. The van der Waals surface area contributed by atoms with Crippen LogP contribution in [-0.4, -0.2) is 29.1 Å². The molecule has 0 aliphatic carbocycles. The fraction of sp³-hybridized carbons (Fsp3) is 0.429. The number of methoxy groups -OCH3 is 1. The Bertz CT molecular complexity index is 659. The molecule has 2 atom stereocenters. The van der Waals surface area contributed by atoms with Crippen LogP contribution in [0.5, 0.6) is 0 Å². The van der Waals surface area contributed by atoms with Gasteiger partial charge in [0.15, 0.2) is 0 Å². The van der Waals surface area contributed by atoms with Gasteiger partial charge in [0.2, 0.25) is 0 Å². The summed E-state index contributed by atoms with van der Waals surface area (Å²) in [5, 5.41) is 3.23. The number of hydrogen-bond acceptors (Lipinski definition) is 4. The minimum Gasteiger partial charge on any atom is -0.468 e. The summed E-state index contributed by atoms with van der Waals surface area (Å²) in [5.41, 5.74) is 2.30. The van der Waals surface area contributed by atoms with Gasteiger partial charge in [-0.3, -0.25) is 10.1 Å². The molecule has 2 rings (SSSR count). The first-order valence-corrected chi connectivity index (χ1v) is 6.61. The molecule has 1 aromatic carbocycles. The van der Waals surface area contributed by atoms with Crippen molar-refractivity contribution in [2.45, 2.75) is 32.4 Å². The quantitative estimate of drug-likeness (QED) is 0.722. The standard InChI is InChI=1S/C14H19N3O3/c1-4-10(13(18)20-3)15-8(2)9-5-6-11-12(7-9)17-14(19)16-11/h5-8,10,15H,4H2,1-3H3,(H2,16,17,19). The van der Waals surface area contributed by atoms with Crippen LogP contribution in [0.25, 0.3) is 11.0 Å². The molecule has 0 bridgehead atoms. The van der Waals surface area contributed by atoms with Crippen molar-refractivity contribution in [3.8, 4) is 0 Å². The zero-order valence-electron chi connectivity index (χ0n) is 11.8. The molecule has 20 heavy (non-hydrogen) atoms. The van der Waals surface area contributed by atoms with E-state index in [9.17, 15) is 9.59 Å². The Hall–Kier alpha value is -2.08. The summed E-state index contributed by atoms with van der Waals surface area (Å²) in [6, 6.07) is 5.31.